The number of benzene rings is 6. The number of nitrogens with zero attached hydrogens (tertiary/aromatic N) is 2. The first-order valence-electron chi connectivity index (χ1n) is 24.8. The van der Waals surface area contributed by atoms with Gasteiger partial charge in [0.1, 0.15) is 23.0 Å². The molecule has 10 nitrogen and oxygen atoms in total. The smallest absolute Gasteiger partial charge is 0.118 e. The van der Waals surface area contributed by atoms with Gasteiger partial charge in [0.05, 0.1) is 61.9 Å². The number of aromatic amines is 4. The van der Waals surface area contributed by atoms with Gasteiger partial charge in [-0.25, -0.2) is 0 Å². The van der Waals surface area contributed by atoms with E-state index in [1.807, 2.05) is 48.5 Å². The molecule has 1 aliphatic heterocycles. The molecule has 11 rings (SSSR count). The number of methoxy groups -OCH3 is 4. The van der Waals surface area contributed by atoms with Crippen molar-refractivity contribution in [2.75, 3.05) is 28.4 Å². The number of fused-ring (bicyclic) bond motifs is 8. The summed E-state index contributed by atoms with van der Waals surface area (Å²) < 4.78 is 22.4. The summed E-state index contributed by atoms with van der Waals surface area (Å²) in [4.78, 5) is 20.9. The minimum atomic E-state index is 0.612. The first kappa shape index (κ1) is 47.1. The number of nitrogens with one attached hydrogen (secondary N) is 4. The van der Waals surface area contributed by atoms with E-state index in [1.165, 1.54) is 0 Å². The van der Waals surface area contributed by atoms with Crippen LogP contribution < -0.4 is 40.3 Å². The molecule has 0 saturated carbocycles. The van der Waals surface area contributed by atoms with Crippen LogP contribution >= 0.6 is 0 Å². The Balaban J connectivity index is 1.19. The Bertz CT molecular complexity index is 3410. The average Bonchev–Trinajstić information content (AvgIpc) is 4.31. The molecule has 8 bridgehead atoms. The molecular weight excluding hydrogens is 917 g/mol. The predicted molar refractivity (Wildman–Crippen MR) is 293 cm³/mol. The van der Waals surface area contributed by atoms with Gasteiger partial charge in [-0.3, -0.25) is 0 Å². The van der Waals surface area contributed by atoms with Gasteiger partial charge in [0, 0.05) is 59.4 Å². The van der Waals surface area contributed by atoms with E-state index in [2.05, 4.69) is 187 Å². The number of hydrogen-bond acceptors (Lipinski definition) is 6. The highest BCUT2D eigenvalue weighted by Gasteiger charge is 2.23. The van der Waals surface area contributed by atoms with Crippen LogP contribution in [0.2, 0.25) is 0 Å². The Hall–Kier alpha value is -9.28. The van der Waals surface area contributed by atoms with Crippen LogP contribution in [0.15, 0.2) is 206 Å². The molecular formula is C64H58N6O4. The summed E-state index contributed by atoms with van der Waals surface area (Å²) in [6.45, 7) is 2.45. The molecule has 0 atom stereocenters. The predicted octanol–water partition coefficient (Wildman–Crippen LogP) is 9.56. The van der Waals surface area contributed by atoms with E-state index >= 15 is 0 Å². The lowest BCUT2D eigenvalue weighted by Gasteiger charge is -2.28. The Labute approximate surface area is 430 Å². The summed E-state index contributed by atoms with van der Waals surface area (Å²) in [5.74, 6) is 3.26. The van der Waals surface area contributed by atoms with Gasteiger partial charge >= 0.3 is 0 Å². The molecule has 10 aromatic rings. The minimum Gasteiger partial charge on any atom is -0.497 e. The van der Waals surface area contributed by atoms with Crippen molar-refractivity contribution in [3.63, 3.8) is 0 Å². The Morgan fingerprint density at radius 3 is 0.865 bits per heavy atom. The van der Waals surface area contributed by atoms with Crippen molar-refractivity contribution in [1.29, 1.82) is 0 Å². The van der Waals surface area contributed by atoms with Crippen LogP contribution in [0.25, 0.3) is 22.5 Å². The summed E-state index contributed by atoms with van der Waals surface area (Å²) in [5, 5.41) is 3.86. The Morgan fingerprint density at radius 1 is 0.284 bits per heavy atom. The second-order valence-corrected chi connectivity index (χ2v) is 18.4. The summed E-state index contributed by atoms with van der Waals surface area (Å²) in [5.41, 5.74) is 14.7. The molecule has 0 unspecified atom stereocenters. The maximum Gasteiger partial charge on any atom is 0.118 e. The molecule has 1 aliphatic rings. The van der Waals surface area contributed by atoms with Crippen molar-refractivity contribution in [3.05, 3.63) is 284 Å². The second-order valence-electron chi connectivity index (χ2n) is 18.4. The van der Waals surface area contributed by atoms with Gasteiger partial charge in [-0.15, -0.1) is 0 Å². The molecule has 0 fully saturated rings. The molecule has 5 heterocycles. The van der Waals surface area contributed by atoms with Crippen LogP contribution in [0.5, 0.6) is 23.0 Å². The molecule has 368 valence electrons. The zero-order chi connectivity index (χ0) is 50.4. The zero-order valence-corrected chi connectivity index (χ0v) is 42.0. The molecule has 0 spiro atoms. The molecule has 0 saturated heterocycles. The fourth-order valence-corrected chi connectivity index (χ4v) is 10.0. The molecule has 0 amide bonds. The number of H-pyrrole nitrogens is 4. The first-order valence-corrected chi connectivity index (χ1v) is 24.8. The monoisotopic (exact) mass is 974 g/mol. The van der Waals surface area contributed by atoms with Crippen molar-refractivity contribution in [2.24, 2.45) is 0 Å². The van der Waals surface area contributed by atoms with Gasteiger partial charge in [-0.2, -0.15) is 0 Å². The van der Waals surface area contributed by atoms with E-state index in [-0.39, 0.29) is 0 Å². The molecule has 0 aliphatic carbocycles. The highest BCUT2D eigenvalue weighted by Crippen LogP contribution is 2.30. The largest absolute Gasteiger partial charge is 0.497 e. The molecule has 6 aromatic carbocycles. The van der Waals surface area contributed by atoms with Crippen LogP contribution in [0.1, 0.15) is 56.2 Å². The lowest BCUT2D eigenvalue weighted by atomic mass is 10.0. The number of rotatable bonds is 16. The summed E-state index contributed by atoms with van der Waals surface area (Å²) in [6.07, 6.45) is 0. The number of aromatic nitrogens is 4. The van der Waals surface area contributed by atoms with E-state index < -0.39 is 0 Å². The van der Waals surface area contributed by atoms with Crippen LogP contribution in [-0.4, -0.2) is 58.2 Å². The van der Waals surface area contributed by atoms with Crippen LogP contribution in [0, 0.1) is 0 Å². The highest BCUT2D eigenvalue weighted by atomic mass is 16.5. The molecule has 4 N–H and O–H groups in total. The van der Waals surface area contributed by atoms with Gasteiger partial charge in [0.2, 0.25) is 0 Å². The Kier molecular flexibility index (Phi) is 13.5. The van der Waals surface area contributed by atoms with E-state index in [9.17, 15) is 0 Å². The molecule has 74 heavy (non-hydrogen) atoms. The fraction of sp³-hybridized carbons (Fsp3) is 0.125. The van der Waals surface area contributed by atoms with Gasteiger partial charge < -0.3 is 48.7 Å². The van der Waals surface area contributed by atoms with Gasteiger partial charge in [0.25, 0.3) is 0 Å². The summed E-state index contributed by atoms with van der Waals surface area (Å²) >= 11 is 0. The normalized spacial score (nSPS) is 12.2. The number of ether oxygens (including phenoxy) is 4. The van der Waals surface area contributed by atoms with Crippen molar-refractivity contribution >= 4 is 22.5 Å². The topological polar surface area (TPSA) is 107 Å². The number of hydrogen-bond donors (Lipinski definition) is 4. The third-order valence-electron chi connectivity index (χ3n) is 13.7. The van der Waals surface area contributed by atoms with Crippen molar-refractivity contribution in [1.82, 2.24) is 29.7 Å². The van der Waals surface area contributed by atoms with E-state index in [1.54, 1.807) is 28.4 Å². The van der Waals surface area contributed by atoms with Crippen molar-refractivity contribution < 1.29 is 18.9 Å². The van der Waals surface area contributed by atoms with E-state index in [0.29, 0.717) is 26.2 Å². The highest BCUT2D eigenvalue weighted by molar-refractivity contribution is 5.80. The van der Waals surface area contributed by atoms with Crippen LogP contribution in [0.3, 0.4) is 0 Å². The van der Waals surface area contributed by atoms with Gasteiger partial charge in [-0.1, -0.05) is 109 Å². The molecule has 0 radical (unpaired) electrons. The molecule has 4 aromatic heterocycles. The van der Waals surface area contributed by atoms with Crippen LogP contribution in [-0.2, 0) is 26.2 Å². The van der Waals surface area contributed by atoms with Crippen LogP contribution in [0.4, 0.5) is 0 Å². The fourth-order valence-electron chi connectivity index (χ4n) is 10.0. The average molecular weight is 975 g/mol. The van der Waals surface area contributed by atoms with E-state index in [0.717, 1.165) is 123 Å². The maximum absolute atomic E-state index is 5.59. The van der Waals surface area contributed by atoms with Crippen molar-refractivity contribution in [3.8, 4) is 23.0 Å². The first-order chi connectivity index (χ1) is 36.4. The molecule has 10 heteroatoms. The van der Waals surface area contributed by atoms with Gasteiger partial charge in [0.15, 0.2) is 0 Å². The summed E-state index contributed by atoms with van der Waals surface area (Å²) in [7, 11) is 6.81. The minimum absolute atomic E-state index is 0.612. The quantitative estimate of drug-likeness (QED) is 0.0770. The third-order valence-corrected chi connectivity index (χ3v) is 13.7. The van der Waals surface area contributed by atoms with E-state index in [4.69, 9.17) is 18.9 Å². The lowest BCUT2D eigenvalue weighted by molar-refractivity contribution is 0.378. The summed E-state index contributed by atoms with van der Waals surface area (Å²) in [6, 6.07) is 72.3. The zero-order valence-electron chi connectivity index (χ0n) is 42.0. The standard InChI is InChI=1S/C64H58N6O4/c1-71-49-23-15-43(16-24-49)39-69(40-44-17-25-50(72-2)26-18-44)63-57-35-31-53(65-57)61(47-11-7-5-8-12-47)55-33-37-59(67-55)64(60-38-34-56(68-60)62(48-13-9-6-10-14-48)54-32-36-58(63)66-54)70(41-45-19-27-51(73-3)28-20-45)42-46-21-29-52(74-4)30-22-46/h5-38,65-68H,39-42H2,1-4H3. The SMILES string of the molecule is COc1ccc(CN(Cc2ccc(OC)cc2)C2=c3ccc([nH]3)=C(c3ccccc3)c3ccc([nH]3)C(N(Cc3ccc(OC)cc3)Cc3ccc(OC)cc3)=c3ccc([nH]3)=C(c3ccccc3)c3ccc2[nH]3)cc1. The lowest BCUT2D eigenvalue weighted by Crippen LogP contribution is -2.30. The van der Waals surface area contributed by atoms with Crippen molar-refractivity contribution in [2.45, 2.75) is 26.2 Å². The van der Waals surface area contributed by atoms with Gasteiger partial charge in [-0.05, 0) is 130 Å². The second kappa shape index (κ2) is 21.2. The third kappa shape index (κ3) is 9.98. The Morgan fingerprint density at radius 2 is 0.568 bits per heavy atom. The maximum atomic E-state index is 5.59.